The molecule has 0 bridgehead atoms. The lowest BCUT2D eigenvalue weighted by molar-refractivity contribution is 0.239. The van der Waals surface area contributed by atoms with Crippen molar-refractivity contribution in [2.24, 2.45) is 0 Å². The van der Waals surface area contributed by atoms with Gasteiger partial charge in [-0.1, -0.05) is 56.5 Å². The van der Waals surface area contributed by atoms with Crippen molar-refractivity contribution in [2.75, 3.05) is 6.54 Å². The molecule has 1 aromatic carbocycles. The van der Waals surface area contributed by atoms with Crippen LogP contribution in [0.5, 0.6) is 0 Å². The van der Waals surface area contributed by atoms with Gasteiger partial charge in [-0.3, -0.25) is 0 Å². The van der Waals surface area contributed by atoms with E-state index in [1.54, 1.807) is 0 Å². The Balaban J connectivity index is 1.97. The fourth-order valence-corrected chi connectivity index (χ4v) is 2.25. The van der Waals surface area contributed by atoms with E-state index in [2.05, 4.69) is 17.3 Å². The van der Waals surface area contributed by atoms with Gasteiger partial charge in [0.15, 0.2) is 0 Å². The van der Waals surface area contributed by atoms with Crippen LogP contribution < -0.4 is 5.32 Å². The Morgan fingerprint density at radius 1 is 1.19 bits per heavy atom. The van der Waals surface area contributed by atoms with E-state index in [9.17, 15) is 4.79 Å². The van der Waals surface area contributed by atoms with Crippen molar-refractivity contribution in [1.82, 2.24) is 15.1 Å². The van der Waals surface area contributed by atoms with Gasteiger partial charge >= 0.3 is 6.03 Å². The number of carbonyl (C=O) groups is 1. The Labute approximate surface area is 126 Å². The number of aryl methyl sites for hydroxylation is 1. The number of nitrogens with zero attached hydrogens (tertiary/aromatic N) is 2. The fourth-order valence-electron chi connectivity index (χ4n) is 2.25. The van der Waals surface area contributed by atoms with Crippen LogP contribution in [-0.4, -0.2) is 22.4 Å². The van der Waals surface area contributed by atoms with E-state index in [4.69, 9.17) is 0 Å². The van der Waals surface area contributed by atoms with Gasteiger partial charge in [-0.05, 0) is 19.4 Å². The number of nitrogens with one attached hydrogen (secondary N) is 1. The van der Waals surface area contributed by atoms with Gasteiger partial charge in [-0.2, -0.15) is 9.78 Å². The number of hydrogen-bond donors (Lipinski definition) is 1. The topological polar surface area (TPSA) is 46.9 Å². The molecule has 0 aliphatic carbocycles. The van der Waals surface area contributed by atoms with Crippen LogP contribution in [0.4, 0.5) is 4.79 Å². The molecule has 21 heavy (non-hydrogen) atoms. The zero-order valence-electron chi connectivity index (χ0n) is 12.8. The highest BCUT2D eigenvalue weighted by Crippen LogP contribution is 2.18. The molecule has 0 spiro atoms. The Kier molecular flexibility index (Phi) is 5.55. The zero-order chi connectivity index (χ0) is 15.1. The SMILES string of the molecule is CCCCCCNC(=O)n1nc(-c2ccccc2)cc1C. The van der Waals surface area contributed by atoms with Gasteiger partial charge in [-0.15, -0.1) is 0 Å². The molecule has 1 heterocycles. The molecule has 0 aliphatic rings. The predicted octanol–water partition coefficient (Wildman–Crippen LogP) is 4.00. The van der Waals surface area contributed by atoms with Crippen LogP contribution in [0.15, 0.2) is 36.4 Å². The van der Waals surface area contributed by atoms with Crippen LogP contribution in [0.1, 0.15) is 38.3 Å². The normalized spacial score (nSPS) is 10.6. The minimum atomic E-state index is -0.147. The highest BCUT2D eigenvalue weighted by atomic mass is 16.2. The van der Waals surface area contributed by atoms with Gasteiger partial charge in [0, 0.05) is 17.8 Å². The molecule has 0 saturated carbocycles. The third kappa shape index (κ3) is 4.18. The molecule has 1 amide bonds. The number of rotatable bonds is 6. The standard InChI is InChI=1S/C17H23N3O/c1-3-4-5-9-12-18-17(21)20-14(2)13-16(19-20)15-10-7-6-8-11-15/h6-8,10-11,13H,3-5,9,12H2,1-2H3,(H,18,21). The minimum absolute atomic E-state index is 0.147. The first kappa shape index (κ1) is 15.3. The number of amides is 1. The van der Waals surface area contributed by atoms with Crippen LogP contribution in [0.3, 0.4) is 0 Å². The second-order valence-electron chi connectivity index (χ2n) is 5.24. The van der Waals surface area contributed by atoms with E-state index in [-0.39, 0.29) is 6.03 Å². The van der Waals surface area contributed by atoms with E-state index in [0.29, 0.717) is 6.54 Å². The van der Waals surface area contributed by atoms with Gasteiger partial charge in [0.05, 0.1) is 5.69 Å². The van der Waals surface area contributed by atoms with Crippen molar-refractivity contribution in [1.29, 1.82) is 0 Å². The van der Waals surface area contributed by atoms with Gasteiger partial charge in [0.2, 0.25) is 0 Å². The van der Waals surface area contributed by atoms with Crippen LogP contribution in [0, 0.1) is 6.92 Å². The maximum atomic E-state index is 12.1. The van der Waals surface area contributed by atoms with Gasteiger partial charge < -0.3 is 5.32 Å². The van der Waals surface area contributed by atoms with Crippen LogP contribution in [-0.2, 0) is 0 Å². The third-order valence-corrected chi connectivity index (χ3v) is 3.46. The second-order valence-corrected chi connectivity index (χ2v) is 5.24. The summed E-state index contributed by atoms with van der Waals surface area (Å²) in [5, 5.41) is 7.32. The minimum Gasteiger partial charge on any atom is -0.336 e. The number of unbranched alkanes of at least 4 members (excludes halogenated alkanes) is 3. The Bertz CT molecular complexity index is 575. The number of benzene rings is 1. The largest absolute Gasteiger partial charge is 0.342 e. The molecular formula is C17H23N3O. The average Bonchev–Trinajstić information content (AvgIpc) is 2.90. The summed E-state index contributed by atoms with van der Waals surface area (Å²) in [7, 11) is 0. The lowest BCUT2D eigenvalue weighted by Gasteiger charge is -2.06. The van der Waals surface area contributed by atoms with Crippen molar-refractivity contribution in [2.45, 2.75) is 39.5 Å². The van der Waals surface area contributed by atoms with Gasteiger partial charge in [0.1, 0.15) is 0 Å². The van der Waals surface area contributed by atoms with Crippen LogP contribution in [0.25, 0.3) is 11.3 Å². The van der Waals surface area contributed by atoms with E-state index in [1.807, 2.05) is 43.3 Å². The lowest BCUT2D eigenvalue weighted by atomic mass is 10.1. The van der Waals surface area contributed by atoms with Crippen molar-refractivity contribution in [3.05, 3.63) is 42.1 Å². The van der Waals surface area contributed by atoms with Crippen LogP contribution in [0.2, 0.25) is 0 Å². The van der Waals surface area contributed by atoms with Crippen LogP contribution >= 0.6 is 0 Å². The van der Waals surface area contributed by atoms with E-state index >= 15 is 0 Å². The molecule has 4 heteroatoms. The fraction of sp³-hybridized carbons (Fsp3) is 0.412. The number of aromatic nitrogens is 2. The summed E-state index contributed by atoms with van der Waals surface area (Å²) in [6.45, 7) is 4.78. The summed E-state index contributed by atoms with van der Waals surface area (Å²) >= 11 is 0. The lowest BCUT2D eigenvalue weighted by Crippen LogP contribution is -2.30. The molecule has 0 unspecified atom stereocenters. The van der Waals surface area contributed by atoms with Crippen molar-refractivity contribution in [3.63, 3.8) is 0 Å². The monoisotopic (exact) mass is 285 g/mol. The molecule has 1 aromatic heterocycles. The van der Waals surface area contributed by atoms with Crippen molar-refractivity contribution < 1.29 is 4.79 Å². The maximum absolute atomic E-state index is 12.1. The number of hydrogen-bond acceptors (Lipinski definition) is 2. The van der Waals surface area contributed by atoms with Crippen molar-refractivity contribution >= 4 is 6.03 Å². The second kappa shape index (κ2) is 7.62. The number of carbonyl (C=O) groups excluding carboxylic acids is 1. The first-order valence-electron chi connectivity index (χ1n) is 7.62. The summed E-state index contributed by atoms with van der Waals surface area (Å²) in [5.74, 6) is 0. The third-order valence-electron chi connectivity index (χ3n) is 3.46. The summed E-state index contributed by atoms with van der Waals surface area (Å²) in [4.78, 5) is 12.1. The zero-order valence-corrected chi connectivity index (χ0v) is 12.8. The molecule has 2 aromatic rings. The molecule has 0 radical (unpaired) electrons. The quantitative estimate of drug-likeness (QED) is 0.815. The first-order chi connectivity index (χ1) is 10.2. The first-order valence-corrected chi connectivity index (χ1v) is 7.62. The molecule has 4 nitrogen and oxygen atoms in total. The van der Waals surface area contributed by atoms with E-state index in [0.717, 1.165) is 29.8 Å². The Morgan fingerprint density at radius 3 is 2.67 bits per heavy atom. The predicted molar refractivity (Wildman–Crippen MR) is 85.3 cm³/mol. The molecule has 1 N–H and O–H groups in total. The molecule has 0 saturated heterocycles. The summed E-state index contributed by atoms with van der Waals surface area (Å²) in [6.07, 6.45) is 4.59. The smallest absolute Gasteiger partial charge is 0.336 e. The molecular weight excluding hydrogens is 262 g/mol. The Morgan fingerprint density at radius 2 is 1.95 bits per heavy atom. The van der Waals surface area contributed by atoms with E-state index < -0.39 is 0 Å². The van der Waals surface area contributed by atoms with Gasteiger partial charge in [0.25, 0.3) is 0 Å². The highest BCUT2D eigenvalue weighted by molar-refractivity contribution is 5.77. The summed E-state index contributed by atoms with van der Waals surface area (Å²) < 4.78 is 1.45. The summed E-state index contributed by atoms with van der Waals surface area (Å²) in [6, 6.07) is 11.7. The molecule has 2 rings (SSSR count). The van der Waals surface area contributed by atoms with E-state index in [1.165, 1.54) is 17.5 Å². The molecule has 112 valence electrons. The molecule has 0 aliphatic heterocycles. The Hall–Kier alpha value is -2.10. The molecule has 0 atom stereocenters. The summed E-state index contributed by atoms with van der Waals surface area (Å²) in [5.41, 5.74) is 2.70. The van der Waals surface area contributed by atoms with Gasteiger partial charge in [-0.25, -0.2) is 4.79 Å². The maximum Gasteiger partial charge on any atom is 0.342 e. The average molecular weight is 285 g/mol. The highest BCUT2D eigenvalue weighted by Gasteiger charge is 2.11. The molecule has 0 fully saturated rings. The van der Waals surface area contributed by atoms with Crippen molar-refractivity contribution in [3.8, 4) is 11.3 Å².